The van der Waals surface area contributed by atoms with Crippen molar-refractivity contribution in [2.45, 2.75) is 19.1 Å². The lowest BCUT2D eigenvalue weighted by atomic mass is 10.2. The molecule has 0 aliphatic heterocycles. The molecule has 4 heteroatoms. The molecule has 0 aromatic carbocycles. The van der Waals surface area contributed by atoms with Gasteiger partial charge in [0.05, 0.1) is 0 Å². The molecule has 0 aromatic rings. The van der Waals surface area contributed by atoms with Crippen LogP contribution in [0.4, 0.5) is 0 Å². The first-order chi connectivity index (χ1) is 4.09. The van der Waals surface area contributed by atoms with E-state index in [1.165, 1.54) is 14.0 Å². The predicted octanol–water partition coefficient (Wildman–Crippen LogP) is -2.28. The molecule has 1 amide bonds. The van der Waals surface area contributed by atoms with Crippen LogP contribution in [0.15, 0.2) is 0 Å². The average Bonchev–Trinajstić information content (AvgIpc) is 1.84. The van der Waals surface area contributed by atoms with Crippen LogP contribution in [-0.4, -0.2) is 30.2 Å². The molecule has 5 N–H and O–H groups in total. The Kier molecular flexibility index (Phi) is 3.19. The number of aliphatic hydroxyl groups is 1. The minimum absolute atomic E-state index is 0.231. The maximum Gasteiger partial charge on any atom is 0.280 e. The number of carbonyl (C=O) groups is 1. The van der Waals surface area contributed by atoms with E-state index < -0.39 is 12.1 Å². The van der Waals surface area contributed by atoms with Gasteiger partial charge in [-0.2, -0.15) is 0 Å². The van der Waals surface area contributed by atoms with Crippen LogP contribution < -0.4 is 11.1 Å². The van der Waals surface area contributed by atoms with Gasteiger partial charge in [0.1, 0.15) is 6.10 Å². The molecular formula is C5H13N2O2+. The Balaban J connectivity index is 3.72. The molecule has 0 unspecified atom stereocenters. The third kappa shape index (κ3) is 2.43. The maximum absolute atomic E-state index is 10.6. The number of hydrogen-bond acceptors (Lipinski definition) is 2. The first kappa shape index (κ1) is 8.39. The summed E-state index contributed by atoms with van der Waals surface area (Å²) in [5, 5.41) is 11.2. The summed E-state index contributed by atoms with van der Waals surface area (Å²) in [6, 6.07) is -0.560. The summed E-state index contributed by atoms with van der Waals surface area (Å²) < 4.78 is 0. The van der Waals surface area contributed by atoms with Crippen LogP contribution in [0.25, 0.3) is 0 Å². The number of nitrogens with one attached hydrogen (secondary N) is 1. The highest BCUT2D eigenvalue weighted by atomic mass is 16.3. The maximum atomic E-state index is 10.6. The monoisotopic (exact) mass is 133 g/mol. The first-order valence-electron chi connectivity index (χ1n) is 2.82. The van der Waals surface area contributed by atoms with Crippen LogP contribution in [0.3, 0.4) is 0 Å². The van der Waals surface area contributed by atoms with E-state index in [0.717, 1.165) is 0 Å². The Hall–Kier alpha value is -0.610. The van der Waals surface area contributed by atoms with Gasteiger partial charge in [0.25, 0.3) is 5.91 Å². The average molecular weight is 133 g/mol. The van der Waals surface area contributed by atoms with Crippen LogP contribution in [0.5, 0.6) is 0 Å². The highest BCUT2D eigenvalue weighted by Crippen LogP contribution is 1.83. The van der Waals surface area contributed by atoms with Gasteiger partial charge >= 0.3 is 0 Å². The Morgan fingerprint density at radius 3 is 2.33 bits per heavy atom. The van der Waals surface area contributed by atoms with Gasteiger partial charge < -0.3 is 16.2 Å². The number of likely N-dealkylation sites (N-methyl/N-ethyl adjacent to an activating group) is 1. The lowest BCUT2D eigenvalue weighted by Crippen LogP contribution is -2.71. The summed E-state index contributed by atoms with van der Waals surface area (Å²) in [6.07, 6.45) is -0.676. The fraction of sp³-hybridized carbons (Fsp3) is 0.800. The molecule has 0 aliphatic rings. The van der Waals surface area contributed by atoms with Crippen molar-refractivity contribution in [2.75, 3.05) is 7.05 Å². The second-order valence-electron chi connectivity index (χ2n) is 1.96. The van der Waals surface area contributed by atoms with Gasteiger partial charge in [0.15, 0.2) is 6.04 Å². The minimum atomic E-state index is -0.676. The molecule has 2 atom stereocenters. The van der Waals surface area contributed by atoms with E-state index in [-0.39, 0.29) is 5.91 Å². The zero-order chi connectivity index (χ0) is 7.44. The number of quaternary nitrogens is 1. The first-order valence-corrected chi connectivity index (χ1v) is 2.82. The smallest absolute Gasteiger partial charge is 0.280 e. The number of hydrogen-bond donors (Lipinski definition) is 3. The Morgan fingerprint density at radius 1 is 1.78 bits per heavy atom. The standard InChI is InChI=1S/C5H12N2O2/c1-3(8)4(6)5(9)7-2/h3-4,8H,6H2,1-2H3,(H,7,9)/p+1/t3-,4-/m0/s1. The van der Waals surface area contributed by atoms with E-state index in [1.807, 2.05) is 0 Å². The lowest BCUT2D eigenvalue weighted by Gasteiger charge is -2.08. The molecule has 4 nitrogen and oxygen atoms in total. The van der Waals surface area contributed by atoms with Gasteiger partial charge in [0.2, 0.25) is 0 Å². The highest BCUT2D eigenvalue weighted by molar-refractivity contribution is 5.80. The number of amides is 1. The fourth-order valence-corrected chi connectivity index (χ4v) is 0.404. The van der Waals surface area contributed by atoms with E-state index in [0.29, 0.717) is 0 Å². The van der Waals surface area contributed by atoms with Gasteiger partial charge in [-0.05, 0) is 6.92 Å². The highest BCUT2D eigenvalue weighted by Gasteiger charge is 2.20. The molecule has 9 heavy (non-hydrogen) atoms. The Labute approximate surface area is 54.0 Å². The van der Waals surface area contributed by atoms with Crippen molar-refractivity contribution in [3.8, 4) is 0 Å². The van der Waals surface area contributed by atoms with E-state index in [2.05, 4.69) is 11.1 Å². The van der Waals surface area contributed by atoms with Crippen LogP contribution in [0.2, 0.25) is 0 Å². The number of aliphatic hydroxyl groups excluding tert-OH is 1. The zero-order valence-electron chi connectivity index (χ0n) is 5.72. The van der Waals surface area contributed by atoms with Gasteiger partial charge in [-0.15, -0.1) is 0 Å². The van der Waals surface area contributed by atoms with Crippen LogP contribution in [-0.2, 0) is 4.79 Å². The second-order valence-corrected chi connectivity index (χ2v) is 1.96. The van der Waals surface area contributed by atoms with Crippen LogP contribution in [0.1, 0.15) is 6.92 Å². The molecule has 0 rings (SSSR count). The van der Waals surface area contributed by atoms with E-state index >= 15 is 0 Å². The summed E-state index contributed by atoms with van der Waals surface area (Å²) in [4.78, 5) is 10.6. The fourth-order valence-electron chi connectivity index (χ4n) is 0.404. The van der Waals surface area contributed by atoms with E-state index in [1.54, 1.807) is 0 Å². The third-order valence-corrected chi connectivity index (χ3v) is 1.17. The molecule has 0 heterocycles. The van der Waals surface area contributed by atoms with Gasteiger partial charge in [-0.25, -0.2) is 0 Å². The third-order valence-electron chi connectivity index (χ3n) is 1.17. The van der Waals surface area contributed by atoms with Crippen molar-refractivity contribution in [1.82, 2.24) is 5.32 Å². The molecule has 0 radical (unpaired) electrons. The topological polar surface area (TPSA) is 77.0 Å². The van der Waals surface area contributed by atoms with Crippen molar-refractivity contribution in [2.24, 2.45) is 0 Å². The summed E-state index contributed by atoms with van der Waals surface area (Å²) in [7, 11) is 1.52. The molecule has 0 spiro atoms. The molecule has 0 saturated heterocycles. The van der Waals surface area contributed by atoms with E-state index in [9.17, 15) is 4.79 Å². The van der Waals surface area contributed by atoms with Crippen molar-refractivity contribution in [3.63, 3.8) is 0 Å². The van der Waals surface area contributed by atoms with E-state index in [4.69, 9.17) is 5.11 Å². The summed E-state index contributed by atoms with van der Waals surface area (Å²) >= 11 is 0. The quantitative estimate of drug-likeness (QED) is 0.397. The largest absolute Gasteiger partial charge is 0.387 e. The van der Waals surface area contributed by atoms with Crippen molar-refractivity contribution in [1.29, 1.82) is 0 Å². The van der Waals surface area contributed by atoms with Gasteiger partial charge in [0, 0.05) is 7.05 Å². The summed E-state index contributed by atoms with van der Waals surface area (Å²) in [5.74, 6) is -0.231. The van der Waals surface area contributed by atoms with Gasteiger partial charge in [-0.3, -0.25) is 4.79 Å². The predicted molar refractivity (Wildman–Crippen MR) is 32.4 cm³/mol. The van der Waals surface area contributed by atoms with Gasteiger partial charge in [-0.1, -0.05) is 0 Å². The number of carbonyl (C=O) groups excluding carboxylic acids is 1. The van der Waals surface area contributed by atoms with Crippen LogP contribution in [0, 0.1) is 0 Å². The van der Waals surface area contributed by atoms with Crippen molar-refractivity contribution < 1.29 is 15.6 Å². The minimum Gasteiger partial charge on any atom is -0.387 e. The molecular weight excluding hydrogens is 120 g/mol. The Bertz CT molecular complexity index is 103. The molecule has 54 valence electrons. The SMILES string of the molecule is CNC(=O)[C@@H]([NH3+])[C@H](C)O. The van der Waals surface area contributed by atoms with Crippen molar-refractivity contribution >= 4 is 5.91 Å². The van der Waals surface area contributed by atoms with Crippen LogP contribution >= 0.6 is 0 Å². The second kappa shape index (κ2) is 3.42. The summed E-state index contributed by atoms with van der Waals surface area (Å²) in [6.45, 7) is 1.53. The molecule has 0 aromatic heterocycles. The number of rotatable bonds is 2. The van der Waals surface area contributed by atoms with Crippen molar-refractivity contribution in [3.05, 3.63) is 0 Å². The zero-order valence-corrected chi connectivity index (χ0v) is 5.72. The summed E-state index contributed by atoms with van der Waals surface area (Å²) in [5.41, 5.74) is 3.45. The molecule has 0 fully saturated rings. The lowest BCUT2D eigenvalue weighted by molar-refractivity contribution is -0.419. The normalized spacial score (nSPS) is 16.4. The molecule has 0 saturated carbocycles. The molecule has 0 bridgehead atoms. The Morgan fingerprint density at radius 2 is 2.22 bits per heavy atom. The molecule has 0 aliphatic carbocycles.